The van der Waals surface area contributed by atoms with Gasteiger partial charge < -0.3 is 19.7 Å². The van der Waals surface area contributed by atoms with Crippen molar-refractivity contribution in [1.29, 1.82) is 0 Å². The number of nitrogens with zero attached hydrogens (tertiary/aromatic N) is 4. The standard InChI is InChI=1S/C22H20N4O4S/c1-3-30-16-7-5-4-6-14(16)20-19(28)18-21(31-20)22(24-12-23-18)26-25-11-13-8-9-15(27)17(10-13)29-2/h4-10,12,27-28H,3,11H2,1-2H3. The minimum absolute atomic E-state index is 0.0641. The van der Waals surface area contributed by atoms with E-state index < -0.39 is 0 Å². The number of rotatable bonds is 7. The molecule has 0 aliphatic rings. The first-order chi connectivity index (χ1) is 15.1. The highest BCUT2D eigenvalue weighted by Crippen LogP contribution is 2.47. The highest BCUT2D eigenvalue weighted by Gasteiger charge is 2.20. The third kappa shape index (κ3) is 4.13. The van der Waals surface area contributed by atoms with Crippen LogP contribution in [0.4, 0.5) is 5.82 Å². The molecule has 0 atom stereocenters. The minimum Gasteiger partial charge on any atom is -0.504 e. The van der Waals surface area contributed by atoms with Gasteiger partial charge in [0, 0.05) is 5.56 Å². The van der Waals surface area contributed by atoms with Crippen LogP contribution in [0.3, 0.4) is 0 Å². The van der Waals surface area contributed by atoms with Crippen molar-refractivity contribution < 1.29 is 19.7 Å². The van der Waals surface area contributed by atoms with Gasteiger partial charge >= 0.3 is 0 Å². The monoisotopic (exact) mass is 436 g/mol. The average Bonchev–Trinajstić information content (AvgIpc) is 3.13. The highest BCUT2D eigenvalue weighted by molar-refractivity contribution is 7.23. The van der Waals surface area contributed by atoms with Crippen LogP contribution in [0.2, 0.25) is 0 Å². The van der Waals surface area contributed by atoms with E-state index in [9.17, 15) is 10.2 Å². The summed E-state index contributed by atoms with van der Waals surface area (Å²) in [7, 11) is 1.49. The lowest BCUT2D eigenvalue weighted by molar-refractivity contribution is 0.341. The summed E-state index contributed by atoms with van der Waals surface area (Å²) in [5, 5.41) is 29.0. The molecule has 0 saturated heterocycles. The first kappa shape index (κ1) is 20.5. The number of hydrogen-bond donors (Lipinski definition) is 2. The molecule has 2 aromatic carbocycles. The highest BCUT2D eigenvalue weighted by atomic mass is 32.1. The first-order valence-corrected chi connectivity index (χ1v) is 10.4. The zero-order valence-electron chi connectivity index (χ0n) is 16.9. The molecule has 0 unspecified atom stereocenters. The van der Waals surface area contributed by atoms with E-state index in [2.05, 4.69) is 20.2 Å². The summed E-state index contributed by atoms with van der Waals surface area (Å²) in [5.41, 5.74) is 2.02. The Morgan fingerprint density at radius 3 is 2.71 bits per heavy atom. The summed E-state index contributed by atoms with van der Waals surface area (Å²) >= 11 is 1.34. The van der Waals surface area contributed by atoms with Gasteiger partial charge in [-0.3, -0.25) is 0 Å². The van der Waals surface area contributed by atoms with Crippen LogP contribution < -0.4 is 9.47 Å². The van der Waals surface area contributed by atoms with Gasteiger partial charge in [-0.15, -0.1) is 16.5 Å². The molecular weight excluding hydrogens is 416 g/mol. The molecule has 0 amide bonds. The maximum Gasteiger partial charge on any atom is 0.195 e. The molecule has 0 bridgehead atoms. The van der Waals surface area contributed by atoms with Crippen LogP contribution in [-0.2, 0) is 6.54 Å². The fourth-order valence-electron chi connectivity index (χ4n) is 3.08. The second-order valence-corrected chi connectivity index (χ2v) is 7.51. The Kier molecular flexibility index (Phi) is 5.94. The molecule has 31 heavy (non-hydrogen) atoms. The second kappa shape index (κ2) is 8.97. The summed E-state index contributed by atoms with van der Waals surface area (Å²) in [5.74, 6) is 1.56. The van der Waals surface area contributed by atoms with Crippen molar-refractivity contribution in [2.24, 2.45) is 10.2 Å². The minimum atomic E-state index is 0.0641. The Morgan fingerprint density at radius 1 is 1.06 bits per heavy atom. The van der Waals surface area contributed by atoms with E-state index in [0.29, 0.717) is 39.0 Å². The van der Waals surface area contributed by atoms with Gasteiger partial charge in [-0.2, -0.15) is 5.11 Å². The number of phenols is 1. The molecule has 0 aliphatic carbocycles. The van der Waals surface area contributed by atoms with Crippen LogP contribution in [0.5, 0.6) is 23.0 Å². The molecule has 0 spiro atoms. The van der Waals surface area contributed by atoms with Crippen LogP contribution in [0, 0.1) is 0 Å². The van der Waals surface area contributed by atoms with Crippen molar-refractivity contribution in [1.82, 2.24) is 9.97 Å². The van der Waals surface area contributed by atoms with E-state index in [0.717, 1.165) is 11.1 Å². The van der Waals surface area contributed by atoms with Crippen LogP contribution in [0.15, 0.2) is 59.0 Å². The van der Waals surface area contributed by atoms with Crippen LogP contribution in [0.1, 0.15) is 12.5 Å². The number of thiophene rings is 1. The predicted molar refractivity (Wildman–Crippen MR) is 119 cm³/mol. The lowest BCUT2D eigenvalue weighted by Crippen LogP contribution is -1.92. The molecule has 2 N–H and O–H groups in total. The fraction of sp³-hybridized carbons (Fsp3) is 0.182. The molecule has 158 valence electrons. The van der Waals surface area contributed by atoms with Crippen molar-refractivity contribution in [2.45, 2.75) is 13.5 Å². The number of aromatic nitrogens is 2. The van der Waals surface area contributed by atoms with Crippen LogP contribution >= 0.6 is 11.3 Å². The van der Waals surface area contributed by atoms with E-state index in [1.54, 1.807) is 18.2 Å². The fourth-order valence-corrected chi connectivity index (χ4v) is 4.19. The SMILES string of the molecule is CCOc1ccccc1-c1sc2c(N=NCc3ccc(O)c(OC)c3)ncnc2c1O. The summed E-state index contributed by atoms with van der Waals surface area (Å²) in [4.78, 5) is 9.09. The van der Waals surface area contributed by atoms with Gasteiger partial charge in [-0.1, -0.05) is 18.2 Å². The van der Waals surface area contributed by atoms with Crippen molar-refractivity contribution in [3.05, 3.63) is 54.4 Å². The molecule has 4 aromatic rings. The molecular formula is C22H20N4O4S. The van der Waals surface area contributed by atoms with E-state index in [-0.39, 0.29) is 18.0 Å². The maximum atomic E-state index is 10.8. The molecule has 8 nitrogen and oxygen atoms in total. The predicted octanol–water partition coefficient (Wildman–Crippen LogP) is 5.46. The number of azo groups is 1. The Labute approximate surface area is 182 Å². The topological polar surface area (TPSA) is 109 Å². The summed E-state index contributed by atoms with van der Waals surface area (Å²) in [6.45, 7) is 2.71. The number of benzene rings is 2. The second-order valence-electron chi connectivity index (χ2n) is 6.49. The molecule has 4 rings (SSSR count). The number of para-hydroxylation sites is 1. The van der Waals surface area contributed by atoms with Crippen molar-refractivity contribution in [2.75, 3.05) is 13.7 Å². The number of methoxy groups -OCH3 is 1. The Morgan fingerprint density at radius 2 is 1.90 bits per heavy atom. The summed E-state index contributed by atoms with van der Waals surface area (Å²) in [6.07, 6.45) is 1.35. The third-order valence-electron chi connectivity index (χ3n) is 4.52. The van der Waals surface area contributed by atoms with Gasteiger partial charge in [0.25, 0.3) is 0 Å². The van der Waals surface area contributed by atoms with E-state index in [4.69, 9.17) is 9.47 Å². The van der Waals surface area contributed by atoms with E-state index in [1.807, 2.05) is 31.2 Å². The third-order valence-corrected chi connectivity index (χ3v) is 5.72. The van der Waals surface area contributed by atoms with Gasteiger partial charge in [0.15, 0.2) is 23.1 Å². The van der Waals surface area contributed by atoms with Crippen molar-refractivity contribution in [3.63, 3.8) is 0 Å². The van der Waals surface area contributed by atoms with Gasteiger partial charge in [-0.25, -0.2) is 9.97 Å². The largest absolute Gasteiger partial charge is 0.504 e. The molecule has 0 saturated carbocycles. The molecule has 0 aliphatic heterocycles. The summed E-state index contributed by atoms with van der Waals surface area (Å²) < 4.78 is 11.4. The lowest BCUT2D eigenvalue weighted by Gasteiger charge is -2.08. The Hall–Kier alpha value is -3.72. The quantitative estimate of drug-likeness (QED) is 0.372. The zero-order valence-corrected chi connectivity index (χ0v) is 17.8. The molecule has 0 fully saturated rings. The average molecular weight is 436 g/mol. The Bertz CT molecular complexity index is 1260. The van der Waals surface area contributed by atoms with Crippen LogP contribution in [-0.4, -0.2) is 33.9 Å². The molecule has 2 aromatic heterocycles. The molecule has 2 heterocycles. The van der Waals surface area contributed by atoms with Gasteiger partial charge in [0.2, 0.25) is 0 Å². The molecule has 9 heteroatoms. The number of hydrogen-bond acceptors (Lipinski definition) is 9. The van der Waals surface area contributed by atoms with Crippen molar-refractivity contribution in [3.8, 4) is 33.4 Å². The van der Waals surface area contributed by atoms with Gasteiger partial charge in [0.1, 0.15) is 22.3 Å². The number of phenolic OH excluding ortho intramolecular Hbond substituents is 1. The Balaban J connectivity index is 1.67. The van der Waals surface area contributed by atoms with Gasteiger partial charge in [0.05, 0.1) is 25.1 Å². The lowest BCUT2D eigenvalue weighted by atomic mass is 10.1. The van der Waals surface area contributed by atoms with Crippen molar-refractivity contribution >= 4 is 27.4 Å². The normalized spacial score (nSPS) is 11.3. The number of aromatic hydroxyl groups is 2. The molecule has 0 radical (unpaired) electrons. The smallest absolute Gasteiger partial charge is 0.195 e. The maximum absolute atomic E-state index is 10.8. The zero-order chi connectivity index (χ0) is 21.8. The summed E-state index contributed by atoms with van der Waals surface area (Å²) in [6, 6.07) is 12.5. The van der Waals surface area contributed by atoms with E-state index >= 15 is 0 Å². The van der Waals surface area contributed by atoms with E-state index in [1.165, 1.54) is 24.8 Å². The van der Waals surface area contributed by atoms with Gasteiger partial charge in [-0.05, 0) is 36.8 Å². The first-order valence-electron chi connectivity index (χ1n) is 9.54. The van der Waals surface area contributed by atoms with Crippen LogP contribution in [0.25, 0.3) is 20.7 Å². The number of ether oxygens (including phenoxy) is 2. The number of fused-ring (bicyclic) bond motifs is 1.